The maximum absolute atomic E-state index is 5.51. The second-order valence-corrected chi connectivity index (χ2v) is 6.95. The summed E-state index contributed by atoms with van der Waals surface area (Å²) in [6, 6.07) is 8.76. The first-order chi connectivity index (χ1) is 9.74. The van der Waals surface area contributed by atoms with Crippen LogP contribution in [0.25, 0.3) is 0 Å². The van der Waals surface area contributed by atoms with Gasteiger partial charge >= 0.3 is 0 Å². The summed E-state index contributed by atoms with van der Waals surface area (Å²) in [5.74, 6) is 0.997. The first-order valence-corrected chi connectivity index (χ1v) is 8.88. The van der Waals surface area contributed by atoms with E-state index < -0.39 is 0 Å². The van der Waals surface area contributed by atoms with Crippen molar-refractivity contribution >= 4 is 11.8 Å². The lowest BCUT2D eigenvalue weighted by molar-refractivity contribution is 0.391. The zero-order valence-corrected chi connectivity index (χ0v) is 13.8. The van der Waals surface area contributed by atoms with Gasteiger partial charge in [0.25, 0.3) is 0 Å². The lowest BCUT2D eigenvalue weighted by Gasteiger charge is -2.30. The molecule has 0 aliphatic heterocycles. The van der Waals surface area contributed by atoms with Crippen molar-refractivity contribution in [3.05, 3.63) is 29.8 Å². The van der Waals surface area contributed by atoms with Crippen molar-refractivity contribution in [2.45, 2.75) is 49.8 Å². The molecule has 0 spiro atoms. The molecule has 0 bridgehead atoms. The van der Waals surface area contributed by atoms with Gasteiger partial charge in [-0.1, -0.05) is 38.0 Å². The number of hydrogen-bond acceptors (Lipinski definition) is 3. The summed E-state index contributed by atoms with van der Waals surface area (Å²) in [7, 11) is 1.76. The Bertz CT molecular complexity index is 415. The van der Waals surface area contributed by atoms with Gasteiger partial charge in [0.1, 0.15) is 5.75 Å². The van der Waals surface area contributed by atoms with E-state index in [2.05, 4.69) is 36.7 Å². The summed E-state index contributed by atoms with van der Waals surface area (Å²) in [5.41, 5.74) is 1.28. The molecular formula is C17H27NOS. The van der Waals surface area contributed by atoms with Crippen LogP contribution in [0.4, 0.5) is 0 Å². The Hall–Kier alpha value is -0.670. The van der Waals surface area contributed by atoms with Crippen molar-refractivity contribution in [3.8, 4) is 5.75 Å². The monoisotopic (exact) mass is 293 g/mol. The van der Waals surface area contributed by atoms with Gasteiger partial charge in [-0.3, -0.25) is 0 Å². The first-order valence-electron chi connectivity index (χ1n) is 7.66. The Kier molecular flexibility index (Phi) is 5.79. The van der Waals surface area contributed by atoms with E-state index in [0.29, 0.717) is 10.8 Å². The minimum absolute atomic E-state index is 0.385. The van der Waals surface area contributed by atoms with Gasteiger partial charge < -0.3 is 10.1 Å². The maximum atomic E-state index is 5.51. The van der Waals surface area contributed by atoms with Gasteiger partial charge in [0.05, 0.1) is 7.11 Å². The van der Waals surface area contributed by atoms with Gasteiger partial charge in [-0.2, -0.15) is 11.8 Å². The number of thioether (sulfide) groups is 1. The van der Waals surface area contributed by atoms with Crippen LogP contribution in [0, 0.1) is 0 Å². The third kappa shape index (κ3) is 3.50. The molecule has 1 aromatic rings. The minimum Gasteiger partial charge on any atom is -0.496 e. The molecule has 0 heterocycles. The fourth-order valence-electron chi connectivity index (χ4n) is 3.21. The van der Waals surface area contributed by atoms with Crippen LogP contribution in [0.2, 0.25) is 0 Å². The molecule has 1 aliphatic rings. The van der Waals surface area contributed by atoms with Crippen LogP contribution in [0.5, 0.6) is 5.75 Å². The van der Waals surface area contributed by atoms with E-state index in [4.69, 9.17) is 4.74 Å². The van der Waals surface area contributed by atoms with E-state index in [1.165, 1.54) is 31.2 Å². The van der Waals surface area contributed by atoms with Crippen LogP contribution in [0.1, 0.15) is 50.6 Å². The van der Waals surface area contributed by atoms with Gasteiger partial charge in [-0.25, -0.2) is 0 Å². The van der Waals surface area contributed by atoms with E-state index in [9.17, 15) is 0 Å². The molecule has 1 fully saturated rings. The van der Waals surface area contributed by atoms with Crippen molar-refractivity contribution < 1.29 is 4.74 Å². The van der Waals surface area contributed by atoms with Crippen molar-refractivity contribution in [1.29, 1.82) is 0 Å². The molecule has 0 radical (unpaired) electrons. The van der Waals surface area contributed by atoms with Gasteiger partial charge in [-0.15, -0.1) is 0 Å². The molecule has 1 saturated carbocycles. The highest BCUT2D eigenvalue weighted by Crippen LogP contribution is 2.40. The normalized spacial score (nSPS) is 18.9. The summed E-state index contributed by atoms with van der Waals surface area (Å²) >= 11 is 2.04. The third-order valence-electron chi connectivity index (χ3n) is 4.54. The molecule has 2 nitrogen and oxygen atoms in total. The van der Waals surface area contributed by atoms with Gasteiger partial charge in [0.15, 0.2) is 0 Å². The molecule has 1 aliphatic carbocycles. The van der Waals surface area contributed by atoms with Crippen LogP contribution in [0.15, 0.2) is 24.3 Å². The zero-order chi connectivity index (χ0) is 14.4. The Labute approximate surface area is 127 Å². The Balaban J connectivity index is 2.05. The molecule has 0 saturated heterocycles. The summed E-state index contributed by atoms with van der Waals surface area (Å²) in [5, 5.41) is 3.79. The largest absolute Gasteiger partial charge is 0.496 e. The van der Waals surface area contributed by atoms with Crippen molar-refractivity contribution in [2.24, 2.45) is 0 Å². The lowest BCUT2D eigenvalue weighted by atomic mass is 10.0. The molecule has 0 aromatic heterocycles. The van der Waals surface area contributed by atoms with Crippen molar-refractivity contribution in [2.75, 3.05) is 19.9 Å². The predicted molar refractivity (Wildman–Crippen MR) is 88.7 cm³/mol. The fraction of sp³-hybridized carbons (Fsp3) is 0.647. The van der Waals surface area contributed by atoms with Crippen molar-refractivity contribution in [3.63, 3.8) is 0 Å². The maximum Gasteiger partial charge on any atom is 0.123 e. The Morgan fingerprint density at radius 3 is 2.60 bits per heavy atom. The highest BCUT2D eigenvalue weighted by atomic mass is 32.2. The van der Waals surface area contributed by atoms with Crippen LogP contribution in [-0.4, -0.2) is 24.7 Å². The van der Waals surface area contributed by atoms with E-state index in [1.54, 1.807) is 7.11 Å². The van der Waals surface area contributed by atoms with Crippen LogP contribution < -0.4 is 10.1 Å². The van der Waals surface area contributed by atoms with Crippen LogP contribution in [-0.2, 0) is 0 Å². The zero-order valence-electron chi connectivity index (χ0n) is 12.9. The smallest absolute Gasteiger partial charge is 0.123 e. The second-order valence-electron chi connectivity index (χ2n) is 5.68. The minimum atomic E-state index is 0.385. The number of benzene rings is 1. The van der Waals surface area contributed by atoms with E-state index >= 15 is 0 Å². The van der Waals surface area contributed by atoms with Crippen LogP contribution >= 0.6 is 11.8 Å². The van der Waals surface area contributed by atoms with Gasteiger partial charge in [0, 0.05) is 22.9 Å². The standard InChI is InChI=1S/C17H27NOS/c1-4-15(14-9-5-6-10-16(14)19-2)18-13-17(20-3)11-7-8-12-17/h5-6,9-10,15,18H,4,7-8,11-13H2,1-3H3. The van der Waals surface area contributed by atoms with Gasteiger partial charge in [0.2, 0.25) is 0 Å². The average Bonchev–Trinajstić information content (AvgIpc) is 2.98. The number of para-hydroxylation sites is 1. The number of nitrogens with one attached hydrogen (secondary N) is 1. The summed E-state index contributed by atoms with van der Waals surface area (Å²) < 4.78 is 5.96. The number of ether oxygens (including phenoxy) is 1. The molecule has 1 N–H and O–H groups in total. The topological polar surface area (TPSA) is 21.3 Å². The molecule has 1 aromatic carbocycles. The molecule has 3 heteroatoms. The molecular weight excluding hydrogens is 266 g/mol. The first kappa shape index (κ1) is 15.7. The number of methoxy groups -OCH3 is 1. The Morgan fingerprint density at radius 1 is 1.30 bits per heavy atom. The quantitative estimate of drug-likeness (QED) is 0.804. The summed E-state index contributed by atoms with van der Waals surface area (Å²) in [4.78, 5) is 0. The number of hydrogen-bond donors (Lipinski definition) is 1. The summed E-state index contributed by atoms with van der Waals surface area (Å²) in [6.07, 6.45) is 8.82. The molecule has 1 atom stereocenters. The fourth-order valence-corrected chi connectivity index (χ4v) is 4.13. The van der Waals surface area contributed by atoms with E-state index in [0.717, 1.165) is 18.7 Å². The number of rotatable bonds is 7. The Morgan fingerprint density at radius 2 is 2.00 bits per heavy atom. The SMILES string of the molecule is CCC(NCC1(SC)CCCC1)c1ccccc1OC. The predicted octanol–water partition coefficient (Wildman–Crippen LogP) is 4.41. The molecule has 2 rings (SSSR count). The van der Waals surface area contributed by atoms with Crippen LogP contribution in [0.3, 0.4) is 0 Å². The van der Waals surface area contributed by atoms with Gasteiger partial charge in [-0.05, 0) is 31.6 Å². The van der Waals surface area contributed by atoms with E-state index in [-0.39, 0.29) is 0 Å². The summed E-state index contributed by atoms with van der Waals surface area (Å²) in [6.45, 7) is 3.34. The second kappa shape index (κ2) is 7.37. The highest BCUT2D eigenvalue weighted by Gasteiger charge is 2.33. The molecule has 20 heavy (non-hydrogen) atoms. The molecule has 112 valence electrons. The van der Waals surface area contributed by atoms with Crippen molar-refractivity contribution in [1.82, 2.24) is 5.32 Å². The lowest BCUT2D eigenvalue weighted by Crippen LogP contribution is -2.37. The molecule has 1 unspecified atom stereocenters. The average molecular weight is 293 g/mol. The van der Waals surface area contributed by atoms with E-state index in [1.807, 2.05) is 17.8 Å². The highest BCUT2D eigenvalue weighted by molar-refractivity contribution is 8.00. The molecule has 0 amide bonds. The third-order valence-corrected chi connectivity index (χ3v) is 5.96.